The van der Waals surface area contributed by atoms with Crippen molar-refractivity contribution in [2.45, 2.75) is 19.1 Å². The van der Waals surface area contributed by atoms with Crippen molar-refractivity contribution in [2.75, 3.05) is 31.3 Å². The lowest BCUT2D eigenvalue weighted by atomic mass is 10.2. The normalized spacial score (nSPS) is 10.4. The Morgan fingerprint density at radius 3 is 2.89 bits per heavy atom. The van der Waals surface area contributed by atoms with E-state index in [4.69, 9.17) is 4.74 Å². The molecule has 106 valence electrons. The molecule has 5 nitrogen and oxygen atoms in total. The first kappa shape index (κ1) is 15.8. The molecule has 0 radical (unpaired) electrons. The second kappa shape index (κ2) is 8.77. The van der Waals surface area contributed by atoms with Crippen LogP contribution in [0.3, 0.4) is 0 Å². The predicted octanol–water partition coefficient (Wildman–Crippen LogP) is 3.30. The number of ether oxygens (including phenoxy) is 1. The Bertz CT molecular complexity index is 413. The lowest BCUT2D eigenvalue weighted by Gasteiger charge is -2.07. The van der Waals surface area contributed by atoms with Crippen molar-refractivity contribution in [1.29, 1.82) is 0 Å². The van der Waals surface area contributed by atoms with Gasteiger partial charge < -0.3 is 10.1 Å². The van der Waals surface area contributed by atoms with Crippen molar-refractivity contribution < 1.29 is 9.66 Å². The standard InChI is InChI=1S/C13H20N2O3S/c1-3-14-12-9-11(5-6-13(12)15(16)17)10-19-8-4-7-18-2/h5-6,9,14H,3-4,7-8,10H2,1-2H3. The summed E-state index contributed by atoms with van der Waals surface area (Å²) in [7, 11) is 1.70. The maximum absolute atomic E-state index is 10.9. The molecule has 0 saturated heterocycles. The van der Waals surface area contributed by atoms with Gasteiger partial charge >= 0.3 is 0 Å². The number of rotatable bonds is 9. The first-order valence-electron chi connectivity index (χ1n) is 6.27. The Balaban J connectivity index is 2.59. The van der Waals surface area contributed by atoms with Crippen LogP contribution in [0, 0.1) is 10.1 Å². The number of methoxy groups -OCH3 is 1. The summed E-state index contributed by atoms with van der Waals surface area (Å²) >= 11 is 1.81. The third-order valence-corrected chi connectivity index (χ3v) is 3.65. The molecule has 1 N–H and O–H groups in total. The third kappa shape index (κ3) is 5.48. The van der Waals surface area contributed by atoms with Gasteiger partial charge in [-0.05, 0) is 30.7 Å². The monoisotopic (exact) mass is 284 g/mol. The van der Waals surface area contributed by atoms with Crippen LogP contribution in [0.15, 0.2) is 18.2 Å². The number of hydrogen-bond donors (Lipinski definition) is 1. The Morgan fingerprint density at radius 1 is 1.47 bits per heavy atom. The molecule has 0 spiro atoms. The highest BCUT2D eigenvalue weighted by Gasteiger charge is 2.13. The highest BCUT2D eigenvalue weighted by molar-refractivity contribution is 7.98. The fraction of sp³-hybridized carbons (Fsp3) is 0.538. The molecule has 0 aliphatic carbocycles. The molecule has 0 heterocycles. The van der Waals surface area contributed by atoms with E-state index in [0.717, 1.165) is 30.1 Å². The lowest BCUT2D eigenvalue weighted by molar-refractivity contribution is -0.384. The Morgan fingerprint density at radius 2 is 2.26 bits per heavy atom. The molecule has 1 rings (SSSR count). The molecule has 0 aliphatic rings. The van der Waals surface area contributed by atoms with E-state index in [1.807, 2.05) is 30.8 Å². The molecular formula is C13H20N2O3S. The van der Waals surface area contributed by atoms with Crippen LogP contribution in [0.5, 0.6) is 0 Å². The van der Waals surface area contributed by atoms with E-state index >= 15 is 0 Å². The van der Waals surface area contributed by atoms with Crippen LogP contribution >= 0.6 is 11.8 Å². The first-order chi connectivity index (χ1) is 9.19. The van der Waals surface area contributed by atoms with Gasteiger partial charge in [0, 0.05) is 32.1 Å². The van der Waals surface area contributed by atoms with Crippen LogP contribution in [-0.2, 0) is 10.5 Å². The summed E-state index contributed by atoms with van der Waals surface area (Å²) in [6.07, 6.45) is 1.02. The maximum atomic E-state index is 10.9. The summed E-state index contributed by atoms with van der Waals surface area (Å²) in [5, 5.41) is 13.9. The van der Waals surface area contributed by atoms with E-state index in [1.165, 1.54) is 0 Å². The summed E-state index contributed by atoms with van der Waals surface area (Å²) in [5.74, 6) is 1.89. The van der Waals surface area contributed by atoms with Crippen LogP contribution in [0.25, 0.3) is 0 Å². The largest absolute Gasteiger partial charge is 0.385 e. The average Bonchev–Trinajstić information content (AvgIpc) is 2.39. The van der Waals surface area contributed by atoms with E-state index in [2.05, 4.69) is 5.32 Å². The van der Waals surface area contributed by atoms with Crippen molar-refractivity contribution >= 4 is 23.1 Å². The molecule has 0 aromatic heterocycles. The maximum Gasteiger partial charge on any atom is 0.292 e. The van der Waals surface area contributed by atoms with Crippen molar-refractivity contribution in [3.05, 3.63) is 33.9 Å². The molecular weight excluding hydrogens is 264 g/mol. The number of thioether (sulfide) groups is 1. The van der Waals surface area contributed by atoms with Crippen LogP contribution in [0.1, 0.15) is 18.9 Å². The number of hydrogen-bond acceptors (Lipinski definition) is 5. The van der Waals surface area contributed by atoms with Crippen LogP contribution < -0.4 is 5.32 Å². The minimum atomic E-state index is -0.354. The van der Waals surface area contributed by atoms with Crippen molar-refractivity contribution in [1.82, 2.24) is 0 Å². The summed E-state index contributed by atoms with van der Waals surface area (Å²) < 4.78 is 4.99. The van der Waals surface area contributed by atoms with Crippen molar-refractivity contribution in [2.24, 2.45) is 0 Å². The summed E-state index contributed by atoms with van der Waals surface area (Å²) in [4.78, 5) is 10.5. The molecule has 0 bridgehead atoms. The molecule has 0 aliphatic heterocycles. The van der Waals surface area contributed by atoms with Gasteiger partial charge in [0.05, 0.1) is 4.92 Å². The highest BCUT2D eigenvalue weighted by Crippen LogP contribution is 2.27. The van der Waals surface area contributed by atoms with Gasteiger partial charge in [0.15, 0.2) is 0 Å². The summed E-state index contributed by atoms with van der Waals surface area (Å²) in [5.41, 5.74) is 1.83. The van der Waals surface area contributed by atoms with E-state index < -0.39 is 0 Å². The lowest BCUT2D eigenvalue weighted by Crippen LogP contribution is -2.02. The van der Waals surface area contributed by atoms with Crippen LogP contribution in [0.4, 0.5) is 11.4 Å². The number of nitrogens with zero attached hydrogens (tertiary/aromatic N) is 1. The quantitative estimate of drug-likeness (QED) is 0.428. The van der Waals surface area contributed by atoms with Crippen LogP contribution in [-0.4, -0.2) is 30.9 Å². The fourth-order valence-electron chi connectivity index (χ4n) is 1.66. The van der Waals surface area contributed by atoms with E-state index in [0.29, 0.717) is 12.2 Å². The van der Waals surface area contributed by atoms with Gasteiger partial charge in [0.25, 0.3) is 5.69 Å². The Kier molecular flexibility index (Phi) is 7.28. The van der Waals surface area contributed by atoms with Crippen LogP contribution in [0.2, 0.25) is 0 Å². The average molecular weight is 284 g/mol. The van der Waals surface area contributed by atoms with Gasteiger partial charge in [-0.1, -0.05) is 6.07 Å². The zero-order chi connectivity index (χ0) is 14.1. The summed E-state index contributed by atoms with van der Waals surface area (Å²) in [6.45, 7) is 3.37. The van der Waals surface area contributed by atoms with E-state index in [-0.39, 0.29) is 10.6 Å². The Labute approximate surface area is 117 Å². The number of benzene rings is 1. The zero-order valence-corrected chi connectivity index (χ0v) is 12.2. The van der Waals surface area contributed by atoms with E-state index in [9.17, 15) is 10.1 Å². The molecule has 1 aromatic carbocycles. The smallest absolute Gasteiger partial charge is 0.292 e. The van der Waals surface area contributed by atoms with Crippen molar-refractivity contribution in [3.8, 4) is 0 Å². The third-order valence-electron chi connectivity index (χ3n) is 2.53. The van der Waals surface area contributed by atoms with Gasteiger partial charge in [-0.3, -0.25) is 10.1 Å². The highest BCUT2D eigenvalue weighted by atomic mass is 32.2. The molecule has 19 heavy (non-hydrogen) atoms. The zero-order valence-electron chi connectivity index (χ0n) is 11.3. The molecule has 1 aromatic rings. The molecule has 0 atom stereocenters. The second-order valence-corrected chi connectivity index (χ2v) is 5.14. The topological polar surface area (TPSA) is 64.4 Å². The second-order valence-electron chi connectivity index (χ2n) is 4.04. The SMILES string of the molecule is CCNc1cc(CSCCCOC)ccc1[N+](=O)[O-]. The van der Waals surface area contributed by atoms with E-state index in [1.54, 1.807) is 13.2 Å². The molecule has 6 heteroatoms. The van der Waals surface area contributed by atoms with Gasteiger partial charge in [-0.15, -0.1) is 0 Å². The molecule has 0 amide bonds. The fourth-order valence-corrected chi connectivity index (χ4v) is 2.54. The minimum Gasteiger partial charge on any atom is -0.385 e. The molecule has 0 saturated carbocycles. The van der Waals surface area contributed by atoms with Gasteiger partial charge in [0.1, 0.15) is 5.69 Å². The number of nitro benzene ring substituents is 1. The molecule has 0 unspecified atom stereocenters. The van der Waals surface area contributed by atoms with Gasteiger partial charge in [-0.2, -0.15) is 11.8 Å². The summed E-state index contributed by atoms with van der Waals surface area (Å²) in [6, 6.07) is 5.26. The number of anilines is 1. The number of nitrogens with one attached hydrogen (secondary N) is 1. The molecule has 0 fully saturated rings. The Hall–Kier alpha value is -1.27. The predicted molar refractivity (Wildman–Crippen MR) is 79.9 cm³/mol. The van der Waals surface area contributed by atoms with Crippen molar-refractivity contribution in [3.63, 3.8) is 0 Å². The number of nitro groups is 1. The van der Waals surface area contributed by atoms with Gasteiger partial charge in [-0.25, -0.2) is 0 Å². The van der Waals surface area contributed by atoms with Gasteiger partial charge in [0.2, 0.25) is 0 Å². The first-order valence-corrected chi connectivity index (χ1v) is 7.42. The minimum absolute atomic E-state index is 0.134.